The molecular formula is C17H21N3O4S2. The summed E-state index contributed by atoms with van der Waals surface area (Å²) in [5.41, 5.74) is -0.553. The lowest BCUT2D eigenvalue weighted by atomic mass is 9.76. The Hall–Kier alpha value is -1.71. The Morgan fingerprint density at radius 2 is 2.12 bits per heavy atom. The third-order valence-corrected chi connectivity index (χ3v) is 8.65. The summed E-state index contributed by atoms with van der Waals surface area (Å²) in [6, 6.07) is 3.47. The lowest BCUT2D eigenvalue weighted by Crippen LogP contribution is -2.44. The van der Waals surface area contributed by atoms with Crippen LogP contribution in [0.15, 0.2) is 35.1 Å². The molecule has 0 bridgehead atoms. The fraction of sp³-hybridized carbons (Fsp3) is 0.529. The summed E-state index contributed by atoms with van der Waals surface area (Å²) < 4.78 is 34.9. The topological polar surface area (TPSA) is 81.5 Å². The van der Waals surface area contributed by atoms with Crippen LogP contribution in [0.5, 0.6) is 0 Å². The summed E-state index contributed by atoms with van der Waals surface area (Å²) in [4.78, 5) is 17.5. The van der Waals surface area contributed by atoms with Crippen molar-refractivity contribution in [3.63, 3.8) is 0 Å². The predicted molar refractivity (Wildman–Crippen MR) is 96.2 cm³/mol. The summed E-state index contributed by atoms with van der Waals surface area (Å²) in [6.45, 7) is 3.19. The average Bonchev–Trinajstić information content (AvgIpc) is 3.32. The highest BCUT2D eigenvalue weighted by molar-refractivity contribution is 7.91. The predicted octanol–water partition coefficient (Wildman–Crippen LogP) is 2.04. The number of aryl methyl sites for hydroxylation is 1. The van der Waals surface area contributed by atoms with Crippen LogP contribution in [-0.4, -0.2) is 47.4 Å². The second-order valence-electron chi connectivity index (χ2n) is 7.04. The normalized spacial score (nSPS) is 23.4. The molecule has 0 N–H and O–H groups in total. The van der Waals surface area contributed by atoms with E-state index < -0.39 is 15.4 Å². The lowest BCUT2D eigenvalue weighted by molar-refractivity contribution is -0.150. The van der Waals surface area contributed by atoms with Crippen molar-refractivity contribution in [2.24, 2.45) is 5.41 Å². The van der Waals surface area contributed by atoms with Gasteiger partial charge in [0.05, 0.1) is 18.3 Å². The summed E-state index contributed by atoms with van der Waals surface area (Å²) in [5, 5.41) is 0. The van der Waals surface area contributed by atoms with Gasteiger partial charge in [-0.2, -0.15) is 4.31 Å². The molecule has 0 radical (unpaired) electrons. The molecule has 1 atom stereocenters. The van der Waals surface area contributed by atoms with E-state index in [1.54, 1.807) is 18.6 Å². The highest BCUT2D eigenvalue weighted by Crippen LogP contribution is 2.44. The van der Waals surface area contributed by atoms with E-state index in [2.05, 4.69) is 4.98 Å². The van der Waals surface area contributed by atoms with E-state index in [-0.39, 0.29) is 12.1 Å². The number of cyclic esters (lactones) is 1. The number of thiophene rings is 1. The van der Waals surface area contributed by atoms with Gasteiger partial charge in [-0.3, -0.25) is 4.79 Å². The van der Waals surface area contributed by atoms with Crippen molar-refractivity contribution in [1.29, 1.82) is 0 Å². The molecule has 0 aromatic carbocycles. The molecule has 4 rings (SSSR count). The zero-order valence-electron chi connectivity index (χ0n) is 14.5. The SMILES string of the molecule is Cc1ccc(S(=O)(=O)N2CCC3(CC2)CC(Cn2ccnc2)OC3=O)s1. The van der Waals surface area contributed by atoms with Gasteiger partial charge in [0, 0.05) is 36.8 Å². The minimum absolute atomic E-state index is 0.181. The Bertz CT molecular complexity index is 896. The number of sulfonamides is 1. The smallest absolute Gasteiger partial charge is 0.312 e. The van der Waals surface area contributed by atoms with Gasteiger partial charge < -0.3 is 9.30 Å². The van der Waals surface area contributed by atoms with Crippen LogP contribution < -0.4 is 0 Å². The molecule has 2 fully saturated rings. The Balaban J connectivity index is 1.43. The molecule has 1 unspecified atom stereocenters. The van der Waals surface area contributed by atoms with Gasteiger partial charge in [0.15, 0.2) is 0 Å². The molecule has 1 spiro atoms. The van der Waals surface area contributed by atoms with E-state index in [1.807, 2.05) is 23.8 Å². The highest BCUT2D eigenvalue weighted by atomic mass is 32.2. The maximum Gasteiger partial charge on any atom is 0.312 e. The summed E-state index contributed by atoms with van der Waals surface area (Å²) in [5.74, 6) is -0.188. The van der Waals surface area contributed by atoms with Gasteiger partial charge in [0.1, 0.15) is 10.3 Å². The van der Waals surface area contributed by atoms with Crippen LogP contribution in [0.3, 0.4) is 0 Å². The number of piperidine rings is 1. The van der Waals surface area contributed by atoms with Crippen molar-refractivity contribution in [3.05, 3.63) is 35.7 Å². The zero-order valence-corrected chi connectivity index (χ0v) is 16.1. The van der Waals surface area contributed by atoms with Crippen LogP contribution >= 0.6 is 11.3 Å². The molecule has 26 heavy (non-hydrogen) atoms. The van der Waals surface area contributed by atoms with Crippen LogP contribution in [0, 0.1) is 12.3 Å². The fourth-order valence-corrected chi connectivity index (χ4v) is 6.69. The Morgan fingerprint density at radius 1 is 1.35 bits per heavy atom. The van der Waals surface area contributed by atoms with E-state index in [1.165, 1.54) is 15.6 Å². The van der Waals surface area contributed by atoms with Crippen LogP contribution in [0.1, 0.15) is 24.1 Å². The first-order valence-corrected chi connectivity index (χ1v) is 10.9. The maximum absolute atomic E-state index is 12.8. The number of carbonyl (C=O) groups excluding carboxylic acids is 1. The average molecular weight is 396 g/mol. The molecule has 0 aliphatic carbocycles. The van der Waals surface area contributed by atoms with Crippen LogP contribution in [0.25, 0.3) is 0 Å². The van der Waals surface area contributed by atoms with Crippen LogP contribution in [0.2, 0.25) is 0 Å². The number of carbonyl (C=O) groups is 1. The molecule has 4 heterocycles. The quantitative estimate of drug-likeness (QED) is 0.740. The molecule has 140 valence electrons. The van der Waals surface area contributed by atoms with Crippen molar-refractivity contribution in [1.82, 2.24) is 13.9 Å². The van der Waals surface area contributed by atoms with E-state index in [0.717, 1.165) is 4.88 Å². The van der Waals surface area contributed by atoms with Crippen molar-refractivity contribution in [2.45, 2.75) is 43.0 Å². The van der Waals surface area contributed by atoms with Crippen molar-refractivity contribution >= 4 is 27.3 Å². The van der Waals surface area contributed by atoms with Gasteiger partial charge in [0.25, 0.3) is 10.0 Å². The standard InChI is InChI=1S/C17H21N3O4S2/c1-13-2-3-15(25-13)26(22,23)20-7-4-17(5-8-20)10-14(24-16(17)21)11-19-9-6-18-12-19/h2-3,6,9,12,14H,4-5,7-8,10-11H2,1H3. The van der Waals surface area contributed by atoms with Crippen molar-refractivity contribution in [2.75, 3.05) is 13.1 Å². The minimum atomic E-state index is -3.47. The van der Waals surface area contributed by atoms with E-state index in [4.69, 9.17) is 4.74 Å². The molecule has 0 amide bonds. The van der Waals surface area contributed by atoms with Gasteiger partial charge in [-0.1, -0.05) is 0 Å². The van der Waals surface area contributed by atoms with Gasteiger partial charge >= 0.3 is 5.97 Å². The minimum Gasteiger partial charge on any atom is -0.460 e. The lowest BCUT2D eigenvalue weighted by Gasteiger charge is -2.35. The largest absolute Gasteiger partial charge is 0.460 e. The van der Waals surface area contributed by atoms with Crippen molar-refractivity contribution < 1.29 is 17.9 Å². The molecule has 2 saturated heterocycles. The number of hydrogen-bond donors (Lipinski definition) is 0. The van der Waals surface area contributed by atoms with Gasteiger partial charge in [-0.25, -0.2) is 13.4 Å². The molecule has 2 aromatic heterocycles. The highest BCUT2D eigenvalue weighted by Gasteiger charge is 2.51. The molecule has 2 aliphatic rings. The van der Waals surface area contributed by atoms with Crippen molar-refractivity contribution in [3.8, 4) is 0 Å². The van der Waals surface area contributed by atoms with E-state index in [9.17, 15) is 13.2 Å². The number of aromatic nitrogens is 2. The Morgan fingerprint density at radius 3 is 2.73 bits per heavy atom. The zero-order chi connectivity index (χ0) is 18.4. The summed E-state index contributed by atoms with van der Waals surface area (Å²) in [7, 11) is -3.47. The fourth-order valence-electron chi connectivity index (χ4n) is 3.81. The molecular weight excluding hydrogens is 374 g/mol. The second kappa shape index (κ2) is 6.47. The third kappa shape index (κ3) is 3.08. The number of imidazole rings is 1. The number of esters is 1. The van der Waals surface area contributed by atoms with Gasteiger partial charge in [0.2, 0.25) is 0 Å². The molecule has 2 aliphatic heterocycles. The van der Waals surface area contributed by atoms with Crippen LogP contribution in [0.4, 0.5) is 0 Å². The van der Waals surface area contributed by atoms with Gasteiger partial charge in [-0.15, -0.1) is 11.3 Å². The summed E-state index contributed by atoms with van der Waals surface area (Å²) >= 11 is 1.29. The monoisotopic (exact) mass is 395 g/mol. The maximum atomic E-state index is 12.8. The first-order valence-electron chi connectivity index (χ1n) is 8.62. The molecule has 7 nitrogen and oxygen atoms in total. The third-order valence-electron chi connectivity index (χ3n) is 5.29. The number of ether oxygens (including phenoxy) is 1. The van der Waals surface area contributed by atoms with E-state index in [0.29, 0.717) is 43.1 Å². The first-order chi connectivity index (χ1) is 12.4. The molecule has 2 aromatic rings. The van der Waals surface area contributed by atoms with Crippen LogP contribution in [-0.2, 0) is 26.1 Å². The second-order valence-corrected chi connectivity index (χ2v) is 10.5. The molecule has 0 saturated carbocycles. The number of nitrogens with zero attached hydrogens (tertiary/aromatic N) is 3. The first kappa shape index (κ1) is 17.7. The number of hydrogen-bond acceptors (Lipinski definition) is 6. The van der Waals surface area contributed by atoms with Gasteiger partial charge in [-0.05, 0) is 31.9 Å². The molecule has 9 heteroatoms. The Kier molecular flexibility index (Phi) is 4.40. The number of rotatable bonds is 4. The summed E-state index contributed by atoms with van der Waals surface area (Å²) in [6.07, 6.45) is 6.72. The Labute approximate surface area is 156 Å². The van der Waals surface area contributed by atoms with E-state index >= 15 is 0 Å².